The molecule has 1 rings (SSSR count). The molecular weight excluding hydrogens is 214 g/mol. The first kappa shape index (κ1) is 13.7. The number of aryl methyl sites for hydroxylation is 1. The summed E-state index contributed by atoms with van der Waals surface area (Å²) in [7, 11) is 0. The molecule has 0 aliphatic carbocycles. The van der Waals surface area contributed by atoms with Crippen LogP contribution in [0.4, 0.5) is 0 Å². The van der Waals surface area contributed by atoms with Crippen molar-refractivity contribution >= 4 is 5.97 Å². The topological polar surface area (TPSA) is 40.5 Å². The van der Waals surface area contributed by atoms with Crippen LogP contribution in [0, 0.1) is 13.8 Å². The second-order valence-corrected chi connectivity index (χ2v) is 4.37. The second-order valence-electron chi connectivity index (χ2n) is 4.37. The van der Waals surface area contributed by atoms with Gasteiger partial charge in [-0.1, -0.05) is 25.1 Å². The first-order chi connectivity index (χ1) is 8.04. The average Bonchev–Trinajstić information content (AvgIpc) is 2.29. The monoisotopic (exact) mass is 235 g/mol. The van der Waals surface area contributed by atoms with Gasteiger partial charge in [0.2, 0.25) is 0 Å². The molecule has 0 aliphatic rings. The highest BCUT2D eigenvalue weighted by Crippen LogP contribution is 2.14. The van der Waals surface area contributed by atoms with Gasteiger partial charge in [0.1, 0.15) is 0 Å². The third-order valence-corrected chi connectivity index (χ3v) is 3.20. The van der Waals surface area contributed by atoms with Crippen molar-refractivity contribution in [2.24, 2.45) is 0 Å². The third-order valence-electron chi connectivity index (χ3n) is 3.20. The van der Waals surface area contributed by atoms with Crippen LogP contribution in [0.3, 0.4) is 0 Å². The Hall–Kier alpha value is -1.35. The fourth-order valence-electron chi connectivity index (χ4n) is 1.83. The van der Waals surface area contributed by atoms with E-state index in [1.807, 2.05) is 0 Å². The van der Waals surface area contributed by atoms with Gasteiger partial charge in [-0.05, 0) is 37.1 Å². The molecule has 0 heterocycles. The summed E-state index contributed by atoms with van der Waals surface area (Å²) < 4.78 is 0. The molecule has 0 amide bonds. The number of rotatable bonds is 6. The summed E-state index contributed by atoms with van der Waals surface area (Å²) in [6.45, 7) is 8.60. The van der Waals surface area contributed by atoms with E-state index < -0.39 is 5.97 Å². The number of carboxylic acid groups (broad SMARTS) is 1. The minimum atomic E-state index is -0.732. The van der Waals surface area contributed by atoms with Gasteiger partial charge in [-0.25, -0.2) is 0 Å². The third kappa shape index (κ3) is 4.19. The summed E-state index contributed by atoms with van der Waals surface area (Å²) in [6.07, 6.45) is 0.207. The van der Waals surface area contributed by atoms with Crippen molar-refractivity contribution in [1.82, 2.24) is 4.90 Å². The quantitative estimate of drug-likeness (QED) is 0.824. The van der Waals surface area contributed by atoms with Crippen LogP contribution in [0.5, 0.6) is 0 Å². The van der Waals surface area contributed by atoms with E-state index in [4.69, 9.17) is 5.11 Å². The van der Waals surface area contributed by atoms with E-state index in [0.717, 1.165) is 13.1 Å². The fraction of sp³-hybridized carbons (Fsp3) is 0.500. The van der Waals surface area contributed by atoms with Gasteiger partial charge in [0.15, 0.2) is 0 Å². The van der Waals surface area contributed by atoms with Crippen molar-refractivity contribution in [3.63, 3.8) is 0 Å². The van der Waals surface area contributed by atoms with E-state index in [1.54, 1.807) is 0 Å². The first-order valence-electron chi connectivity index (χ1n) is 6.03. The molecule has 0 radical (unpaired) electrons. The van der Waals surface area contributed by atoms with Crippen LogP contribution in [0.15, 0.2) is 18.2 Å². The predicted molar refractivity (Wildman–Crippen MR) is 69.1 cm³/mol. The van der Waals surface area contributed by atoms with E-state index in [0.29, 0.717) is 6.54 Å². The minimum Gasteiger partial charge on any atom is -0.481 e. The minimum absolute atomic E-state index is 0.207. The van der Waals surface area contributed by atoms with Gasteiger partial charge in [-0.3, -0.25) is 9.69 Å². The van der Waals surface area contributed by atoms with Gasteiger partial charge >= 0.3 is 5.97 Å². The number of carbonyl (C=O) groups is 1. The highest BCUT2D eigenvalue weighted by Gasteiger charge is 2.08. The zero-order chi connectivity index (χ0) is 12.8. The first-order valence-corrected chi connectivity index (χ1v) is 6.03. The zero-order valence-corrected chi connectivity index (χ0v) is 10.9. The molecule has 0 spiro atoms. The number of carboxylic acids is 1. The van der Waals surface area contributed by atoms with Gasteiger partial charge in [-0.15, -0.1) is 0 Å². The lowest BCUT2D eigenvalue weighted by molar-refractivity contribution is -0.137. The Morgan fingerprint density at radius 2 is 2.06 bits per heavy atom. The van der Waals surface area contributed by atoms with E-state index in [9.17, 15) is 4.79 Å². The van der Waals surface area contributed by atoms with Crippen LogP contribution in [0.25, 0.3) is 0 Å². The number of hydrogen-bond acceptors (Lipinski definition) is 2. The predicted octanol–water partition coefficient (Wildman–Crippen LogP) is 2.60. The molecule has 0 fully saturated rings. The highest BCUT2D eigenvalue weighted by atomic mass is 16.4. The maximum atomic E-state index is 10.6. The van der Waals surface area contributed by atoms with Crippen molar-refractivity contribution in [1.29, 1.82) is 0 Å². The molecule has 3 heteroatoms. The number of benzene rings is 1. The number of hydrogen-bond donors (Lipinski definition) is 1. The molecule has 0 aromatic heterocycles. The van der Waals surface area contributed by atoms with Gasteiger partial charge in [0, 0.05) is 13.1 Å². The second kappa shape index (κ2) is 6.40. The summed E-state index contributed by atoms with van der Waals surface area (Å²) in [5, 5.41) is 8.70. The number of nitrogens with zero attached hydrogens (tertiary/aromatic N) is 1. The van der Waals surface area contributed by atoms with Crippen molar-refractivity contribution in [2.75, 3.05) is 13.1 Å². The Morgan fingerprint density at radius 3 is 2.65 bits per heavy atom. The smallest absolute Gasteiger partial charge is 0.304 e. The lowest BCUT2D eigenvalue weighted by Gasteiger charge is -2.21. The van der Waals surface area contributed by atoms with E-state index in [1.165, 1.54) is 16.7 Å². The molecule has 0 atom stereocenters. The Labute approximate surface area is 103 Å². The Morgan fingerprint density at radius 1 is 1.35 bits per heavy atom. The summed E-state index contributed by atoms with van der Waals surface area (Å²) in [6, 6.07) is 6.28. The van der Waals surface area contributed by atoms with Crippen LogP contribution in [-0.4, -0.2) is 29.1 Å². The van der Waals surface area contributed by atoms with E-state index in [2.05, 4.69) is 43.9 Å². The van der Waals surface area contributed by atoms with Crippen LogP contribution in [0.1, 0.15) is 30.0 Å². The molecule has 1 aromatic carbocycles. The van der Waals surface area contributed by atoms with E-state index >= 15 is 0 Å². The average molecular weight is 235 g/mol. The van der Waals surface area contributed by atoms with Crippen LogP contribution < -0.4 is 0 Å². The SMILES string of the molecule is CCN(CCC(=O)O)Cc1cccc(C)c1C. The standard InChI is InChI=1S/C14H21NO2/c1-4-15(9-8-14(16)17)10-13-7-5-6-11(2)12(13)3/h5-7H,4,8-10H2,1-3H3,(H,16,17). The molecule has 1 N–H and O–H groups in total. The zero-order valence-electron chi connectivity index (χ0n) is 10.9. The molecule has 94 valence electrons. The molecule has 1 aromatic rings. The molecule has 0 aliphatic heterocycles. The fourth-order valence-corrected chi connectivity index (χ4v) is 1.83. The van der Waals surface area contributed by atoms with Gasteiger partial charge < -0.3 is 5.11 Å². The largest absolute Gasteiger partial charge is 0.481 e. The van der Waals surface area contributed by atoms with Crippen molar-refractivity contribution in [3.05, 3.63) is 34.9 Å². The van der Waals surface area contributed by atoms with Crippen LogP contribution in [0.2, 0.25) is 0 Å². The van der Waals surface area contributed by atoms with Gasteiger partial charge in [-0.2, -0.15) is 0 Å². The maximum absolute atomic E-state index is 10.6. The van der Waals surface area contributed by atoms with Crippen molar-refractivity contribution in [3.8, 4) is 0 Å². The van der Waals surface area contributed by atoms with Crippen molar-refractivity contribution < 1.29 is 9.90 Å². The van der Waals surface area contributed by atoms with Crippen LogP contribution in [-0.2, 0) is 11.3 Å². The van der Waals surface area contributed by atoms with Gasteiger partial charge in [0.25, 0.3) is 0 Å². The Bertz CT molecular complexity index is 388. The van der Waals surface area contributed by atoms with Crippen molar-refractivity contribution in [2.45, 2.75) is 33.7 Å². The summed E-state index contributed by atoms with van der Waals surface area (Å²) in [5.74, 6) is -0.732. The molecule has 0 bridgehead atoms. The summed E-state index contributed by atoms with van der Waals surface area (Å²) >= 11 is 0. The Balaban J connectivity index is 2.67. The normalized spacial score (nSPS) is 10.8. The molecule has 0 saturated carbocycles. The van der Waals surface area contributed by atoms with E-state index in [-0.39, 0.29) is 6.42 Å². The molecule has 0 unspecified atom stereocenters. The molecule has 0 saturated heterocycles. The van der Waals surface area contributed by atoms with Crippen LogP contribution >= 0.6 is 0 Å². The highest BCUT2D eigenvalue weighted by molar-refractivity contribution is 5.66. The number of aliphatic carboxylic acids is 1. The lowest BCUT2D eigenvalue weighted by atomic mass is 10.0. The molecular formula is C14H21NO2. The molecule has 17 heavy (non-hydrogen) atoms. The Kier molecular flexibility index (Phi) is 5.16. The molecule has 3 nitrogen and oxygen atoms in total. The lowest BCUT2D eigenvalue weighted by Crippen LogP contribution is -2.26. The maximum Gasteiger partial charge on any atom is 0.304 e. The summed E-state index contributed by atoms with van der Waals surface area (Å²) in [4.78, 5) is 12.7. The summed E-state index contributed by atoms with van der Waals surface area (Å²) in [5.41, 5.74) is 3.88. The van der Waals surface area contributed by atoms with Gasteiger partial charge in [0.05, 0.1) is 6.42 Å².